The van der Waals surface area contributed by atoms with E-state index < -0.39 is 17.5 Å². The second kappa shape index (κ2) is 5.42. The van der Waals surface area contributed by atoms with Crippen LogP contribution in [0.3, 0.4) is 0 Å². The van der Waals surface area contributed by atoms with E-state index in [1.807, 2.05) is 17.7 Å². The molecule has 1 aromatic carbocycles. The lowest BCUT2D eigenvalue weighted by Crippen LogP contribution is -2.09. The molecule has 0 unspecified atom stereocenters. The van der Waals surface area contributed by atoms with Crippen LogP contribution >= 0.6 is 0 Å². The number of benzene rings is 1. The predicted octanol–water partition coefficient (Wildman–Crippen LogP) is 4.47. The number of nitrogens with one attached hydrogen (secondary N) is 1. The van der Waals surface area contributed by atoms with Crippen LogP contribution in [0.25, 0.3) is 0 Å². The lowest BCUT2D eigenvalue weighted by atomic mass is 10.2. The Morgan fingerprint density at radius 3 is 2.57 bits per heavy atom. The summed E-state index contributed by atoms with van der Waals surface area (Å²) in [4.78, 5) is 4.31. The summed E-state index contributed by atoms with van der Waals surface area (Å²) in [6, 6.07) is 2.40. The summed E-state index contributed by atoms with van der Waals surface area (Å²) in [5, 5.41) is 2.78. The highest BCUT2D eigenvalue weighted by atomic mass is 19.2. The number of hydrogen-bond acceptors (Lipinski definition) is 2. The normalized spacial score (nSPS) is 15.6. The molecule has 0 radical (unpaired) electrons. The smallest absolute Gasteiger partial charge is 0.207 e. The molecule has 6 heteroatoms. The standard InChI is InChI=1S/C15H16F3N3/c1-9-8-21(10-4-2-3-5-10)15(19-9)20-12-7-6-11(16)13(17)14(12)18/h6-8,10H,2-5H2,1H3,(H,19,20). The molecule has 0 bridgehead atoms. The van der Waals surface area contributed by atoms with Crippen LogP contribution in [0.4, 0.5) is 24.8 Å². The maximum absolute atomic E-state index is 13.7. The molecule has 1 N–H and O–H groups in total. The molecule has 21 heavy (non-hydrogen) atoms. The van der Waals surface area contributed by atoms with E-state index in [4.69, 9.17) is 0 Å². The van der Waals surface area contributed by atoms with Crippen molar-refractivity contribution in [2.24, 2.45) is 0 Å². The van der Waals surface area contributed by atoms with Crippen molar-refractivity contribution in [3.05, 3.63) is 41.5 Å². The molecule has 0 saturated heterocycles. The van der Waals surface area contributed by atoms with E-state index in [1.54, 1.807) is 0 Å². The van der Waals surface area contributed by atoms with Crippen LogP contribution in [0.15, 0.2) is 18.3 Å². The molecule has 1 heterocycles. The van der Waals surface area contributed by atoms with Gasteiger partial charge in [-0.15, -0.1) is 0 Å². The summed E-state index contributed by atoms with van der Waals surface area (Å²) in [6.45, 7) is 1.85. The number of aryl methyl sites for hydroxylation is 1. The fourth-order valence-corrected chi connectivity index (χ4v) is 2.81. The third-order valence-electron chi connectivity index (χ3n) is 3.85. The molecular weight excluding hydrogens is 279 g/mol. The second-order valence-electron chi connectivity index (χ2n) is 5.40. The summed E-state index contributed by atoms with van der Waals surface area (Å²) >= 11 is 0. The van der Waals surface area contributed by atoms with Crippen LogP contribution < -0.4 is 5.32 Å². The average molecular weight is 295 g/mol. The molecule has 0 spiro atoms. The highest BCUT2D eigenvalue weighted by Gasteiger charge is 2.21. The highest BCUT2D eigenvalue weighted by Crippen LogP contribution is 2.33. The number of imidazole rings is 1. The first kappa shape index (κ1) is 14.0. The van der Waals surface area contributed by atoms with E-state index in [-0.39, 0.29) is 5.69 Å². The first-order chi connectivity index (χ1) is 10.1. The lowest BCUT2D eigenvalue weighted by molar-refractivity contribution is 0.449. The number of hydrogen-bond donors (Lipinski definition) is 1. The molecule has 1 aromatic heterocycles. The van der Waals surface area contributed by atoms with Crippen LogP contribution in [0, 0.1) is 24.4 Å². The lowest BCUT2D eigenvalue weighted by Gasteiger charge is -2.16. The molecule has 1 saturated carbocycles. The van der Waals surface area contributed by atoms with Gasteiger partial charge in [-0.05, 0) is 31.9 Å². The Hall–Kier alpha value is -1.98. The third-order valence-corrected chi connectivity index (χ3v) is 3.85. The zero-order valence-electron chi connectivity index (χ0n) is 11.7. The minimum Gasteiger partial charge on any atom is -0.323 e. The van der Waals surface area contributed by atoms with E-state index in [0.29, 0.717) is 12.0 Å². The molecule has 0 amide bonds. The molecule has 3 nitrogen and oxygen atoms in total. The number of nitrogens with zero attached hydrogens (tertiary/aromatic N) is 2. The Kier molecular flexibility index (Phi) is 3.61. The van der Waals surface area contributed by atoms with Crippen molar-refractivity contribution in [2.45, 2.75) is 38.6 Å². The maximum atomic E-state index is 13.7. The van der Waals surface area contributed by atoms with E-state index in [9.17, 15) is 13.2 Å². The van der Waals surface area contributed by atoms with Gasteiger partial charge < -0.3 is 9.88 Å². The summed E-state index contributed by atoms with van der Waals surface area (Å²) in [7, 11) is 0. The molecule has 1 aliphatic carbocycles. The Bertz CT molecular complexity index is 660. The first-order valence-corrected chi connectivity index (χ1v) is 7.02. The van der Waals surface area contributed by atoms with E-state index >= 15 is 0 Å². The van der Waals surface area contributed by atoms with Crippen LogP contribution in [-0.4, -0.2) is 9.55 Å². The number of aromatic nitrogens is 2. The number of halogens is 3. The van der Waals surface area contributed by atoms with Crippen molar-refractivity contribution in [3.8, 4) is 0 Å². The van der Waals surface area contributed by atoms with E-state index in [2.05, 4.69) is 10.3 Å². The number of anilines is 2. The van der Waals surface area contributed by atoms with Crippen molar-refractivity contribution in [1.82, 2.24) is 9.55 Å². The molecule has 1 fully saturated rings. The molecule has 1 aliphatic rings. The van der Waals surface area contributed by atoms with Gasteiger partial charge >= 0.3 is 0 Å². The Labute approximate surface area is 120 Å². The molecular formula is C15H16F3N3. The summed E-state index contributed by atoms with van der Waals surface area (Å²) in [5.41, 5.74) is 0.686. The van der Waals surface area contributed by atoms with Crippen molar-refractivity contribution < 1.29 is 13.2 Å². The fraction of sp³-hybridized carbons (Fsp3) is 0.400. The summed E-state index contributed by atoms with van der Waals surface area (Å²) in [6.07, 6.45) is 6.30. The SMILES string of the molecule is Cc1cn(C2CCCC2)c(Nc2ccc(F)c(F)c2F)n1. The highest BCUT2D eigenvalue weighted by molar-refractivity contribution is 5.55. The van der Waals surface area contributed by atoms with Gasteiger partial charge in [-0.3, -0.25) is 0 Å². The van der Waals surface area contributed by atoms with E-state index in [1.165, 1.54) is 6.07 Å². The van der Waals surface area contributed by atoms with Crippen molar-refractivity contribution >= 4 is 11.6 Å². The van der Waals surface area contributed by atoms with Gasteiger partial charge in [0.15, 0.2) is 17.5 Å². The van der Waals surface area contributed by atoms with Gasteiger partial charge in [0, 0.05) is 12.2 Å². The van der Waals surface area contributed by atoms with Gasteiger partial charge in [0.25, 0.3) is 0 Å². The van der Waals surface area contributed by atoms with Crippen LogP contribution in [0.5, 0.6) is 0 Å². The van der Waals surface area contributed by atoms with Crippen molar-refractivity contribution in [1.29, 1.82) is 0 Å². The van der Waals surface area contributed by atoms with Gasteiger partial charge in [0.1, 0.15) is 0 Å². The largest absolute Gasteiger partial charge is 0.323 e. The zero-order chi connectivity index (χ0) is 15.0. The van der Waals surface area contributed by atoms with Crippen LogP contribution in [0.2, 0.25) is 0 Å². The minimum atomic E-state index is -1.48. The topological polar surface area (TPSA) is 29.9 Å². The predicted molar refractivity (Wildman–Crippen MR) is 74.1 cm³/mol. The fourth-order valence-electron chi connectivity index (χ4n) is 2.81. The maximum Gasteiger partial charge on any atom is 0.207 e. The molecule has 112 valence electrons. The van der Waals surface area contributed by atoms with Gasteiger partial charge in [-0.2, -0.15) is 0 Å². The van der Waals surface area contributed by atoms with Crippen molar-refractivity contribution in [2.75, 3.05) is 5.32 Å². The average Bonchev–Trinajstić information content (AvgIpc) is 3.09. The third kappa shape index (κ3) is 2.62. The first-order valence-electron chi connectivity index (χ1n) is 7.02. The van der Waals surface area contributed by atoms with Gasteiger partial charge in [-0.25, -0.2) is 18.2 Å². The monoisotopic (exact) mass is 295 g/mol. The molecule has 0 aliphatic heterocycles. The summed E-state index contributed by atoms with van der Waals surface area (Å²) in [5.74, 6) is -3.44. The zero-order valence-corrected chi connectivity index (χ0v) is 11.7. The van der Waals surface area contributed by atoms with Crippen LogP contribution in [-0.2, 0) is 0 Å². The van der Waals surface area contributed by atoms with Crippen LogP contribution in [0.1, 0.15) is 37.4 Å². The molecule has 0 atom stereocenters. The van der Waals surface area contributed by atoms with Crippen molar-refractivity contribution in [3.63, 3.8) is 0 Å². The Morgan fingerprint density at radius 2 is 1.86 bits per heavy atom. The second-order valence-corrected chi connectivity index (χ2v) is 5.40. The van der Waals surface area contributed by atoms with E-state index in [0.717, 1.165) is 37.4 Å². The Morgan fingerprint density at radius 1 is 1.14 bits per heavy atom. The molecule has 2 aromatic rings. The van der Waals surface area contributed by atoms with Gasteiger partial charge in [-0.1, -0.05) is 12.8 Å². The quantitative estimate of drug-likeness (QED) is 0.847. The Balaban J connectivity index is 1.93. The molecule has 3 rings (SSSR count). The van der Waals surface area contributed by atoms with Gasteiger partial charge in [0.05, 0.1) is 11.4 Å². The minimum absolute atomic E-state index is 0.112. The summed E-state index contributed by atoms with van der Waals surface area (Å²) < 4.78 is 42.0. The van der Waals surface area contributed by atoms with Gasteiger partial charge in [0.2, 0.25) is 5.95 Å². The number of rotatable bonds is 3.